The van der Waals surface area contributed by atoms with Crippen molar-refractivity contribution in [2.75, 3.05) is 0 Å². The summed E-state index contributed by atoms with van der Waals surface area (Å²) < 4.78 is 5.88. The number of aliphatic imine (C=N–C) groups is 2. The number of allylic oxidation sites excluding steroid dienone is 4. The van der Waals surface area contributed by atoms with E-state index < -0.39 is 0 Å². The first-order valence-corrected chi connectivity index (χ1v) is 13.1. The molecule has 0 saturated heterocycles. The predicted molar refractivity (Wildman–Crippen MR) is 133 cm³/mol. The summed E-state index contributed by atoms with van der Waals surface area (Å²) in [4.78, 5) is 9.33. The molecule has 3 nitrogen and oxygen atoms in total. The van der Waals surface area contributed by atoms with Crippen molar-refractivity contribution >= 4 is 59.9 Å². The van der Waals surface area contributed by atoms with E-state index >= 15 is 0 Å². The van der Waals surface area contributed by atoms with Crippen LogP contribution in [0.3, 0.4) is 0 Å². The van der Waals surface area contributed by atoms with E-state index in [4.69, 9.17) is 29.6 Å². The molecule has 0 spiro atoms. The topological polar surface area (TPSA) is 37.9 Å². The molecule has 0 radical (unpaired) electrons. The van der Waals surface area contributed by atoms with Crippen molar-refractivity contribution in [1.82, 2.24) is 0 Å². The molecule has 162 valence electrons. The third kappa shape index (κ3) is 5.59. The first-order valence-electron chi connectivity index (χ1n) is 10.1. The van der Waals surface area contributed by atoms with E-state index in [1.165, 1.54) is 10.8 Å². The molecule has 1 heterocycles. The zero-order chi connectivity index (χ0) is 22.2. The average Bonchev–Trinajstić information content (AvgIpc) is 3.29. The van der Waals surface area contributed by atoms with E-state index in [2.05, 4.69) is 53.5 Å². The molecule has 4 aromatic rings. The number of hydrogen-bond donors (Lipinski definition) is 0. The number of furan rings is 1. The molecule has 0 N–H and O–H groups in total. The number of hydrogen-bond acceptors (Lipinski definition) is 3. The fourth-order valence-electron chi connectivity index (χ4n) is 3.61. The van der Waals surface area contributed by atoms with Gasteiger partial charge in [0.1, 0.15) is 11.5 Å². The van der Waals surface area contributed by atoms with Gasteiger partial charge in [0, 0.05) is 16.5 Å². The average molecular weight is 503 g/mol. The summed E-state index contributed by atoms with van der Waals surface area (Å²) in [6.07, 6.45) is 11.8. The van der Waals surface area contributed by atoms with Gasteiger partial charge in [0.2, 0.25) is 0 Å². The fraction of sp³-hybridized carbons (Fsp3) is 0.0769. The first-order chi connectivity index (χ1) is 15.8. The quantitative estimate of drug-likeness (QED) is 0.157. The molecule has 0 aliphatic heterocycles. The molecule has 5 rings (SSSR count). The van der Waals surface area contributed by atoms with Gasteiger partial charge in [0.15, 0.2) is 0 Å². The minimum absolute atomic E-state index is 0.194. The molecule has 0 saturated carbocycles. The van der Waals surface area contributed by atoms with Gasteiger partial charge in [-0.25, -0.2) is 0 Å². The van der Waals surface area contributed by atoms with E-state index in [1.54, 1.807) is 12.4 Å². The van der Waals surface area contributed by atoms with Crippen molar-refractivity contribution in [3.8, 4) is 0 Å². The van der Waals surface area contributed by atoms with Gasteiger partial charge in [-0.15, -0.1) is 0 Å². The van der Waals surface area contributed by atoms with E-state index in [0.717, 1.165) is 40.8 Å². The Kier molecular flexibility index (Phi) is 7.97. The van der Waals surface area contributed by atoms with Gasteiger partial charge in [-0.3, -0.25) is 9.98 Å². The Morgan fingerprint density at radius 3 is 2.00 bits per heavy atom. The van der Waals surface area contributed by atoms with E-state index in [9.17, 15) is 0 Å². The maximum atomic E-state index is 5.88. The van der Waals surface area contributed by atoms with Gasteiger partial charge in [-0.2, -0.15) is 0 Å². The van der Waals surface area contributed by atoms with E-state index in [-0.39, 0.29) is 13.1 Å². The van der Waals surface area contributed by atoms with Crippen LogP contribution in [-0.2, 0) is 13.1 Å². The van der Waals surface area contributed by atoms with Crippen molar-refractivity contribution in [3.63, 3.8) is 0 Å². The SMILES string of the molecule is C1=CCCC(N=Cc2ccc(C=Nc3c4ccccc4cc4ccccc34)o2)=C1.[Cl][Fe][Cl]. The van der Waals surface area contributed by atoms with Crippen LogP contribution >= 0.6 is 20.2 Å². The second-order valence-corrected chi connectivity index (χ2v) is 8.92. The molecular formula is C26H20Cl2FeN2O. The normalized spacial score (nSPS) is 13.8. The summed E-state index contributed by atoms with van der Waals surface area (Å²) in [5.41, 5.74) is 2.03. The number of nitrogens with zero attached hydrogens (tertiary/aromatic N) is 2. The Balaban J connectivity index is 0.000000775. The van der Waals surface area contributed by atoms with Crippen molar-refractivity contribution < 1.29 is 17.6 Å². The molecule has 32 heavy (non-hydrogen) atoms. The zero-order valence-corrected chi connectivity index (χ0v) is 19.7. The van der Waals surface area contributed by atoms with Crippen LogP contribution < -0.4 is 0 Å². The Morgan fingerprint density at radius 2 is 1.41 bits per heavy atom. The first kappa shape index (κ1) is 22.6. The second-order valence-electron chi connectivity index (χ2n) is 7.10. The summed E-state index contributed by atoms with van der Waals surface area (Å²) in [6, 6.07) is 22.7. The number of rotatable bonds is 4. The molecular weight excluding hydrogens is 483 g/mol. The van der Waals surface area contributed by atoms with Crippen LogP contribution in [0.1, 0.15) is 24.4 Å². The molecule has 1 aliphatic rings. The van der Waals surface area contributed by atoms with Crippen LogP contribution in [0, 0.1) is 0 Å². The second kappa shape index (κ2) is 11.3. The fourth-order valence-corrected chi connectivity index (χ4v) is 3.61. The van der Waals surface area contributed by atoms with Crippen LogP contribution in [0.25, 0.3) is 21.5 Å². The van der Waals surface area contributed by atoms with Crippen LogP contribution in [0.5, 0.6) is 0 Å². The van der Waals surface area contributed by atoms with Crippen molar-refractivity contribution in [2.45, 2.75) is 12.8 Å². The molecule has 0 bridgehead atoms. The molecule has 3 aromatic carbocycles. The van der Waals surface area contributed by atoms with Gasteiger partial charge in [-0.1, -0.05) is 60.7 Å². The summed E-state index contributed by atoms with van der Waals surface area (Å²) in [6.45, 7) is 0. The number of benzene rings is 3. The Hall–Kier alpha value is -2.62. The predicted octanol–water partition coefficient (Wildman–Crippen LogP) is 8.37. The van der Waals surface area contributed by atoms with Gasteiger partial charge < -0.3 is 4.42 Å². The standard InChI is InChI=1S/C26H20N2O.2ClH.Fe/c1-2-10-21(11-3-1)27-17-22-14-15-23(29-22)18-28-26-24-12-6-4-8-19(24)16-20-9-5-7-13-25(20)26;;;/h1-2,4-10,12-18H,3,11H2;2*1H;/q;;;+2/p-2. The van der Waals surface area contributed by atoms with Crippen molar-refractivity contribution in [3.05, 3.63) is 102 Å². The summed E-state index contributed by atoms with van der Waals surface area (Å²) in [5, 5.41) is 4.63. The number of halogens is 2. The third-order valence-corrected chi connectivity index (χ3v) is 5.06. The molecule has 6 heteroatoms. The Bertz CT molecular complexity index is 1280. The molecule has 0 fully saturated rings. The molecule has 0 unspecified atom stereocenters. The van der Waals surface area contributed by atoms with Gasteiger partial charge in [-0.05, 0) is 47.9 Å². The Labute approximate surface area is 201 Å². The third-order valence-electron chi connectivity index (χ3n) is 5.06. The molecule has 1 aliphatic carbocycles. The van der Waals surface area contributed by atoms with Crippen LogP contribution in [0.15, 0.2) is 105 Å². The molecule has 1 aromatic heterocycles. The van der Waals surface area contributed by atoms with E-state index in [0.29, 0.717) is 5.76 Å². The van der Waals surface area contributed by atoms with Crippen molar-refractivity contribution in [2.24, 2.45) is 9.98 Å². The molecule has 0 amide bonds. The maximum absolute atomic E-state index is 5.88. The molecule has 0 atom stereocenters. The summed E-state index contributed by atoms with van der Waals surface area (Å²) >= 11 is 0.194. The summed E-state index contributed by atoms with van der Waals surface area (Å²) in [7, 11) is 9.53. The van der Waals surface area contributed by atoms with Crippen LogP contribution in [-0.4, -0.2) is 12.4 Å². The van der Waals surface area contributed by atoms with Crippen molar-refractivity contribution in [1.29, 1.82) is 0 Å². The monoisotopic (exact) mass is 502 g/mol. The van der Waals surface area contributed by atoms with Gasteiger partial charge in [0.25, 0.3) is 0 Å². The Morgan fingerprint density at radius 1 is 0.812 bits per heavy atom. The van der Waals surface area contributed by atoms with E-state index in [1.807, 2.05) is 36.4 Å². The van der Waals surface area contributed by atoms with Crippen LogP contribution in [0.4, 0.5) is 5.69 Å². The van der Waals surface area contributed by atoms with Gasteiger partial charge in [0.05, 0.1) is 18.1 Å². The van der Waals surface area contributed by atoms with Crippen LogP contribution in [0.2, 0.25) is 0 Å². The minimum atomic E-state index is 0.194. The summed E-state index contributed by atoms with van der Waals surface area (Å²) in [5.74, 6) is 1.44. The van der Waals surface area contributed by atoms with Gasteiger partial charge >= 0.3 is 33.3 Å². The zero-order valence-electron chi connectivity index (χ0n) is 17.1. The number of fused-ring (bicyclic) bond motifs is 2.